The van der Waals surface area contributed by atoms with Crippen molar-refractivity contribution >= 4 is 17.3 Å². The summed E-state index contributed by atoms with van der Waals surface area (Å²) in [5.74, 6) is 0. The molecule has 3 nitrogen and oxygen atoms in total. The van der Waals surface area contributed by atoms with E-state index in [0.29, 0.717) is 18.6 Å². The highest BCUT2D eigenvalue weighted by Gasteiger charge is 2.26. The molecule has 1 saturated carbocycles. The molecule has 1 aromatic rings. The number of hydrogen-bond acceptors (Lipinski definition) is 3. The Morgan fingerprint density at radius 2 is 2.19 bits per heavy atom. The first-order valence-electron chi connectivity index (χ1n) is 8.07. The van der Waals surface area contributed by atoms with Gasteiger partial charge in [0, 0.05) is 18.6 Å². The minimum atomic E-state index is 0.170. The number of benzene rings is 1. The molecule has 1 aliphatic carbocycles. The number of rotatable bonds is 8. The second kappa shape index (κ2) is 8.02. The van der Waals surface area contributed by atoms with E-state index in [2.05, 4.69) is 42.3 Å². The van der Waals surface area contributed by atoms with Gasteiger partial charge in [-0.3, -0.25) is 0 Å². The largest absolute Gasteiger partial charge is 0.395 e. The molecule has 21 heavy (non-hydrogen) atoms. The fraction of sp³-hybridized carbons (Fsp3) is 0.647. The van der Waals surface area contributed by atoms with Gasteiger partial charge in [-0.25, -0.2) is 0 Å². The van der Waals surface area contributed by atoms with Gasteiger partial charge in [-0.2, -0.15) is 0 Å². The van der Waals surface area contributed by atoms with Gasteiger partial charge in [-0.1, -0.05) is 24.6 Å². The molecule has 1 aromatic carbocycles. The number of aliphatic hydroxyl groups is 1. The molecule has 1 fully saturated rings. The van der Waals surface area contributed by atoms with Gasteiger partial charge in [0.2, 0.25) is 0 Å². The average molecular weight is 311 g/mol. The van der Waals surface area contributed by atoms with Crippen molar-refractivity contribution in [3.63, 3.8) is 0 Å². The van der Waals surface area contributed by atoms with Crippen LogP contribution in [0.15, 0.2) is 18.2 Å². The minimum absolute atomic E-state index is 0.170. The van der Waals surface area contributed by atoms with Gasteiger partial charge in [-0.15, -0.1) is 0 Å². The van der Waals surface area contributed by atoms with Crippen molar-refractivity contribution in [2.75, 3.05) is 24.6 Å². The fourth-order valence-electron chi connectivity index (χ4n) is 2.81. The molecule has 0 spiro atoms. The zero-order valence-electron chi connectivity index (χ0n) is 13.1. The lowest BCUT2D eigenvalue weighted by atomic mass is 9.91. The van der Waals surface area contributed by atoms with Gasteiger partial charge in [-0.05, 0) is 56.8 Å². The Morgan fingerprint density at radius 3 is 2.71 bits per heavy atom. The molecule has 0 heterocycles. The maximum atomic E-state index is 9.30. The molecule has 2 rings (SSSR count). The molecular weight excluding hydrogens is 284 g/mol. The Kier molecular flexibility index (Phi) is 6.34. The Balaban J connectivity index is 2.13. The lowest BCUT2D eigenvalue weighted by Crippen LogP contribution is -2.42. The fourth-order valence-corrected chi connectivity index (χ4v) is 3.11. The van der Waals surface area contributed by atoms with E-state index in [1.807, 2.05) is 0 Å². The predicted molar refractivity (Wildman–Crippen MR) is 90.2 cm³/mol. The van der Waals surface area contributed by atoms with Gasteiger partial charge in [0.1, 0.15) is 0 Å². The first-order chi connectivity index (χ1) is 10.2. The van der Waals surface area contributed by atoms with Gasteiger partial charge >= 0.3 is 0 Å². The third kappa shape index (κ3) is 4.12. The van der Waals surface area contributed by atoms with E-state index in [0.717, 1.165) is 23.7 Å². The summed E-state index contributed by atoms with van der Waals surface area (Å²) in [6.07, 6.45) is 4.81. The second-order valence-electron chi connectivity index (χ2n) is 5.89. The van der Waals surface area contributed by atoms with Crippen LogP contribution >= 0.6 is 11.6 Å². The molecular formula is C17H27ClN2O. The van der Waals surface area contributed by atoms with Crippen LogP contribution in [0, 0.1) is 0 Å². The number of aliphatic hydroxyl groups excluding tert-OH is 1. The number of anilines is 1. The third-order valence-electron chi connectivity index (χ3n) is 4.34. The first-order valence-corrected chi connectivity index (χ1v) is 8.45. The van der Waals surface area contributed by atoms with E-state index in [9.17, 15) is 5.11 Å². The van der Waals surface area contributed by atoms with Crippen LogP contribution in [0.2, 0.25) is 5.02 Å². The van der Waals surface area contributed by atoms with E-state index < -0.39 is 0 Å². The van der Waals surface area contributed by atoms with Gasteiger partial charge < -0.3 is 15.3 Å². The highest BCUT2D eigenvalue weighted by atomic mass is 35.5. The van der Waals surface area contributed by atoms with E-state index in [-0.39, 0.29) is 6.61 Å². The Bertz CT molecular complexity index is 448. The highest BCUT2D eigenvalue weighted by molar-refractivity contribution is 6.33. The summed E-state index contributed by atoms with van der Waals surface area (Å²) in [7, 11) is 0. The topological polar surface area (TPSA) is 35.5 Å². The van der Waals surface area contributed by atoms with Crippen molar-refractivity contribution in [1.82, 2.24) is 5.32 Å². The highest BCUT2D eigenvalue weighted by Crippen LogP contribution is 2.35. The van der Waals surface area contributed by atoms with E-state index in [1.54, 1.807) is 0 Å². The Hall–Kier alpha value is -0.770. The van der Waals surface area contributed by atoms with Crippen molar-refractivity contribution in [3.8, 4) is 0 Å². The van der Waals surface area contributed by atoms with Gasteiger partial charge in [0.15, 0.2) is 0 Å². The van der Waals surface area contributed by atoms with Crippen molar-refractivity contribution in [2.24, 2.45) is 0 Å². The maximum Gasteiger partial charge on any atom is 0.0643 e. The molecule has 4 heteroatoms. The van der Waals surface area contributed by atoms with Crippen LogP contribution in [-0.2, 0) is 0 Å². The monoisotopic (exact) mass is 310 g/mol. The number of hydrogen-bond donors (Lipinski definition) is 2. The minimum Gasteiger partial charge on any atom is -0.395 e. The van der Waals surface area contributed by atoms with Crippen LogP contribution < -0.4 is 10.2 Å². The van der Waals surface area contributed by atoms with E-state index in [4.69, 9.17) is 11.6 Å². The number of nitrogens with zero attached hydrogens (tertiary/aromatic N) is 1. The van der Waals surface area contributed by atoms with E-state index in [1.165, 1.54) is 24.8 Å². The summed E-state index contributed by atoms with van der Waals surface area (Å²) >= 11 is 6.51. The Morgan fingerprint density at radius 1 is 1.43 bits per heavy atom. The molecule has 1 atom stereocenters. The zero-order valence-corrected chi connectivity index (χ0v) is 13.9. The van der Waals surface area contributed by atoms with Crippen LogP contribution in [0.3, 0.4) is 0 Å². The number of halogens is 1. The summed E-state index contributed by atoms with van der Waals surface area (Å²) in [5.41, 5.74) is 2.27. The molecule has 0 saturated heterocycles. The first kappa shape index (κ1) is 16.6. The van der Waals surface area contributed by atoms with Crippen molar-refractivity contribution in [3.05, 3.63) is 28.8 Å². The molecule has 0 aliphatic heterocycles. The van der Waals surface area contributed by atoms with Crippen molar-refractivity contribution in [2.45, 2.75) is 51.6 Å². The van der Waals surface area contributed by atoms with Crippen LogP contribution in [0.4, 0.5) is 5.69 Å². The van der Waals surface area contributed by atoms with Crippen LogP contribution in [-0.4, -0.2) is 30.8 Å². The van der Waals surface area contributed by atoms with Crippen LogP contribution in [0.5, 0.6) is 0 Å². The molecule has 0 amide bonds. The van der Waals surface area contributed by atoms with Crippen molar-refractivity contribution in [1.29, 1.82) is 0 Å². The second-order valence-corrected chi connectivity index (χ2v) is 6.30. The quantitative estimate of drug-likeness (QED) is 0.767. The molecule has 118 valence electrons. The molecule has 1 unspecified atom stereocenters. The third-order valence-corrected chi connectivity index (χ3v) is 4.64. The van der Waals surface area contributed by atoms with Crippen LogP contribution in [0.25, 0.3) is 0 Å². The predicted octanol–water partition coefficient (Wildman–Crippen LogP) is 3.75. The zero-order chi connectivity index (χ0) is 15.2. The SMILES string of the molecule is CCCNC(C)c1ccc(N(CCO)C2CCC2)c(Cl)c1. The molecule has 2 N–H and O–H groups in total. The van der Waals surface area contributed by atoms with E-state index >= 15 is 0 Å². The lowest BCUT2D eigenvalue weighted by Gasteiger charge is -2.39. The number of nitrogens with one attached hydrogen (secondary N) is 1. The summed E-state index contributed by atoms with van der Waals surface area (Å²) in [6.45, 7) is 6.18. The maximum absolute atomic E-state index is 9.30. The molecule has 0 radical (unpaired) electrons. The van der Waals surface area contributed by atoms with Gasteiger partial charge in [0.25, 0.3) is 0 Å². The summed E-state index contributed by atoms with van der Waals surface area (Å²) in [6, 6.07) is 7.17. The smallest absolute Gasteiger partial charge is 0.0643 e. The summed E-state index contributed by atoms with van der Waals surface area (Å²) < 4.78 is 0. The normalized spacial score (nSPS) is 16.6. The molecule has 0 aromatic heterocycles. The molecule has 0 bridgehead atoms. The van der Waals surface area contributed by atoms with Gasteiger partial charge in [0.05, 0.1) is 17.3 Å². The summed E-state index contributed by atoms with van der Waals surface area (Å²) in [5, 5.41) is 13.6. The lowest BCUT2D eigenvalue weighted by molar-refractivity contribution is 0.283. The molecule has 1 aliphatic rings. The average Bonchev–Trinajstić information content (AvgIpc) is 2.42. The Labute approximate surface area is 133 Å². The standard InChI is InChI=1S/C17H27ClN2O/c1-3-9-19-13(2)14-7-8-17(16(18)12-14)20(10-11-21)15-5-4-6-15/h7-8,12-13,15,19,21H,3-6,9-11H2,1-2H3. The van der Waals surface area contributed by atoms with Crippen LogP contribution in [0.1, 0.15) is 51.1 Å². The van der Waals surface area contributed by atoms with Crippen molar-refractivity contribution < 1.29 is 5.11 Å². The summed E-state index contributed by atoms with van der Waals surface area (Å²) in [4.78, 5) is 2.26.